The minimum atomic E-state index is -0.921. The van der Waals surface area contributed by atoms with Crippen molar-refractivity contribution in [3.63, 3.8) is 0 Å². The second-order valence-corrected chi connectivity index (χ2v) is 3.90. The maximum atomic E-state index is 10.9. The van der Waals surface area contributed by atoms with Gasteiger partial charge in [-0.15, -0.1) is 0 Å². The first kappa shape index (κ1) is 12.5. The van der Waals surface area contributed by atoms with E-state index in [1.807, 2.05) is 25.9 Å². The maximum absolute atomic E-state index is 10.9. The van der Waals surface area contributed by atoms with Crippen LogP contribution in [0.15, 0.2) is 18.2 Å². The number of nitrogens with zero attached hydrogens (tertiary/aromatic N) is 1. The molecule has 16 heavy (non-hydrogen) atoms. The molecule has 1 N–H and O–H groups in total. The number of hydrogen-bond acceptors (Lipinski definition) is 3. The number of carboxylic acid groups (broad SMARTS) is 1. The Balaban J connectivity index is 3.21. The lowest BCUT2D eigenvalue weighted by Crippen LogP contribution is -2.18. The van der Waals surface area contributed by atoms with E-state index in [0.29, 0.717) is 5.75 Å². The van der Waals surface area contributed by atoms with Crippen molar-refractivity contribution in [1.82, 2.24) is 4.90 Å². The molecule has 0 radical (unpaired) electrons. The first-order chi connectivity index (χ1) is 7.47. The molecule has 0 saturated carbocycles. The highest BCUT2D eigenvalue weighted by Crippen LogP contribution is 2.28. The molecule has 0 saturated heterocycles. The lowest BCUT2D eigenvalue weighted by atomic mass is 10.0. The highest BCUT2D eigenvalue weighted by Gasteiger charge is 2.15. The SMILES string of the molecule is COc1ccc(C(=O)O)cc1C(C)N(C)C. The van der Waals surface area contributed by atoms with Gasteiger partial charge in [-0.25, -0.2) is 4.79 Å². The summed E-state index contributed by atoms with van der Waals surface area (Å²) in [6.45, 7) is 2.00. The van der Waals surface area contributed by atoms with Crippen LogP contribution in [0.1, 0.15) is 28.9 Å². The number of methoxy groups -OCH3 is 1. The molecule has 0 aliphatic rings. The molecule has 88 valence electrons. The summed E-state index contributed by atoms with van der Waals surface area (Å²) in [5, 5.41) is 8.94. The third-order valence-electron chi connectivity index (χ3n) is 2.70. The Morgan fingerprint density at radius 2 is 2.06 bits per heavy atom. The van der Waals surface area contributed by atoms with Crippen LogP contribution in [-0.2, 0) is 0 Å². The lowest BCUT2D eigenvalue weighted by Gasteiger charge is -2.22. The van der Waals surface area contributed by atoms with Crippen molar-refractivity contribution in [3.8, 4) is 5.75 Å². The molecule has 1 aromatic rings. The van der Waals surface area contributed by atoms with Crippen molar-refractivity contribution < 1.29 is 14.6 Å². The van der Waals surface area contributed by atoms with Gasteiger partial charge in [0.1, 0.15) is 5.75 Å². The Morgan fingerprint density at radius 1 is 1.44 bits per heavy atom. The summed E-state index contributed by atoms with van der Waals surface area (Å²) >= 11 is 0. The van der Waals surface area contributed by atoms with E-state index >= 15 is 0 Å². The highest BCUT2D eigenvalue weighted by molar-refractivity contribution is 5.88. The minimum absolute atomic E-state index is 0.106. The molecule has 4 heteroatoms. The summed E-state index contributed by atoms with van der Waals surface area (Å²) < 4.78 is 5.23. The molecule has 1 aromatic carbocycles. The van der Waals surface area contributed by atoms with E-state index in [4.69, 9.17) is 9.84 Å². The van der Waals surface area contributed by atoms with Crippen molar-refractivity contribution in [2.24, 2.45) is 0 Å². The van der Waals surface area contributed by atoms with E-state index in [-0.39, 0.29) is 11.6 Å². The summed E-state index contributed by atoms with van der Waals surface area (Å²) in [6.07, 6.45) is 0. The number of aromatic carboxylic acids is 1. The Morgan fingerprint density at radius 3 is 2.50 bits per heavy atom. The summed E-state index contributed by atoms with van der Waals surface area (Å²) in [5.41, 5.74) is 1.16. The second-order valence-electron chi connectivity index (χ2n) is 3.90. The van der Waals surface area contributed by atoms with Crippen molar-refractivity contribution in [2.75, 3.05) is 21.2 Å². The van der Waals surface area contributed by atoms with Gasteiger partial charge in [-0.2, -0.15) is 0 Å². The maximum Gasteiger partial charge on any atom is 0.335 e. The number of hydrogen-bond donors (Lipinski definition) is 1. The van der Waals surface area contributed by atoms with Crippen LogP contribution in [0.5, 0.6) is 5.75 Å². The predicted octanol–water partition coefficient (Wildman–Crippen LogP) is 2.02. The zero-order chi connectivity index (χ0) is 12.3. The summed E-state index contributed by atoms with van der Waals surface area (Å²) in [6, 6.07) is 5.01. The van der Waals surface area contributed by atoms with Crippen LogP contribution in [0.4, 0.5) is 0 Å². The molecule has 1 atom stereocenters. The van der Waals surface area contributed by atoms with Crippen LogP contribution >= 0.6 is 0 Å². The number of ether oxygens (including phenoxy) is 1. The Bertz CT molecular complexity index is 388. The van der Waals surface area contributed by atoms with Crippen LogP contribution in [0.2, 0.25) is 0 Å². The van der Waals surface area contributed by atoms with E-state index in [1.54, 1.807) is 25.3 Å². The van der Waals surface area contributed by atoms with E-state index < -0.39 is 5.97 Å². The van der Waals surface area contributed by atoms with Crippen molar-refractivity contribution in [3.05, 3.63) is 29.3 Å². The molecular formula is C12H17NO3. The fourth-order valence-corrected chi connectivity index (χ4v) is 1.47. The highest BCUT2D eigenvalue weighted by atomic mass is 16.5. The van der Waals surface area contributed by atoms with Gasteiger partial charge in [-0.05, 0) is 39.2 Å². The van der Waals surface area contributed by atoms with Crippen molar-refractivity contribution in [1.29, 1.82) is 0 Å². The van der Waals surface area contributed by atoms with Crippen LogP contribution in [-0.4, -0.2) is 37.2 Å². The van der Waals surface area contributed by atoms with Gasteiger partial charge in [0.15, 0.2) is 0 Å². The summed E-state index contributed by atoms with van der Waals surface area (Å²) in [5.74, 6) is -0.207. The molecule has 1 unspecified atom stereocenters. The van der Waals surface area contributed by atoms with Gasteiger partial charge in [0.05, 0.1) is 12.7 Å². The smallest absolute Gasteiger partial charge is 0.335 e. The fraction of sp³-hybridized carbons (Fsp3) is 0.417. The monoisotopic (exact) mass is 223 g/mol. The number of rotatable bonds is 4. The Labute approximate surface area is 95.5 Å². The molecule has 0 fully saturated rings. The first-order valence-electron chi connectivity index (χ1n) is 5.05. The molecule has 0 heterocycles. The number of benzene rings is 1. The molecule has 0 spiro atoms. The minimum Gasteiger partial charge on any atom is -0.496 e. The fourth-order valence-electron chi connectivity index (χ4n) is 1.47. The second kappa shape index (κ2) is 4.99. The lowest BCUT2D eigenvalue weighted by molar-refractivity contribution is 0.0696. The summed E-state index contributed by atoms with van der Waals surface area (Å²) in [4.78, 5) is 12.9. The topological polar surface area (TPSA) is 49.8 Å². The van der Waals surface area contributed by atoms with Gasteiger partial charge >= 0.3 is 5.97 Å². The Kier molecular flexibility index (Phi) is 3.90. The van der Waals surface area contributed by atoms with E-state index in [9.17, 15) is 4.79 Å². The molecule has 1 rings (SSSR count). The van der Waals surface area contributed by atoms with Crippen LogP contribution in [0.25, 0.3) is 0 Å². The summed E-state index contributed by atoms with van der Waals surface area (Å²) in [7, 11) is 5.47. The average Bonchev–Trinajstić information content (AvgIpc) is 2.26. The van der Waals surface area contributed by atoms with E-state index in [1.165, 1.54) is 0 Å². The van der Waals surface area contributed by atoms with Crippen molar-refractivity contribution in [2.45, 2.75) is 13.0 Å². The van der Waals surface area contributed by atoms with Gasteiger partial charge in [-0.1, -0.05) is 0 Å². The molecule has 0 aromatic heterocycles. The van der Waals surface area contributed by atoms with Gasteiger partial charge in [0, 0.05) is 11.6 Å². The Hall–Kier alpha value is -1.55. The predicted molar refractivity (Wildman–Crippen MR) is 62.1 cm³/mol. The third kappa shape index (κ3) is 2.52. The first-order valence-corrected chi connectivity index (χ1v) is 5.05. The zero-order valence-corrected chi connectivity index (χ0v) is 10.0. The normalized spacial score (nSPS) is 12.6. The van der Waals surface area contributed by atoms with Crippen LogP contribution < -0.4 is 4.74 Å². The average molecular weight is 223 g/mol. The molecule has 0 aliphatic heterocycles. The molecular weight excluding hydrogens is 206 g/mol. The van der Waals surface area contributed by atoms with E-state index in [0.717, 1.165) is 5.56 Å². The van der Waals surface area contributed by atoms with Crippen LogP contribution in [0.3, 0.4) is 0 Å². The van der Waals surface area contributed by atoms with Gasteiger partial charge in [0.25, 0.3) is 0 Å². The van der Waals surface area contributed by atoms with E-state index in [2.05, 4.69) is 0 Å². The molecule has 4 nitrogen and oxygen atoms in total. The van der Waals surface area contributed by atoms with Gasteiger partial charge < -0.3 is 14.7 Å². The largest absolute Gasteiger partial charge is 0.496 e. The van der Waals surface area contributed by atoms with Crippen LogP contribution in [0, 0.1) is 0 Å². The molecule has 0 amide bonds. The van der Waals surface area contributed by atoms with Gasteiger partial charge in [-0.3, -0.25) is 0 Å². The van der Waals surface area contributed by atoms with Gasteiger partial charge in [0.2, 0.25) is 0 Å². The standard InChI is InChI=1S/C12H17NO3/c1-8(13(2)3)10-7-9(12(14)15)5-6-11(10)16-4/h5-8H,1-4H3,(H,14,15). The number of carbonyl (C=O) groups is 1. The third-order valence-corrected chi connectivity index (χ3v) is 2.70. The zero-order valence-electron chi connectivity index (χ0n) is 10.0. The molecule has 0 bridgehead atoms. The molecule has 0 aliphatic carbocycles. The quantitative estimate of drug-likeness (QED) is 0.848. The van der Waals surface area contributed by atoms with Crippen molar-refractivity contribution >= 4 is 5.97 Å². The number of carboxylic acids is 1.